The van der Waals surface area contributed by atoms with Gasteiger partial charge >= 0.3 is 0 Å². The number of amides is 1. The Morgan fingerprint density at radius 3 is 2.48 bits per heavy atom. The molecule has 9 heteroatoms. The Hall–Kier alpha value is -4.89. The molecule has 0 unspecified atom stereocenters. The third-order valence-electron chi connectivity index (χ3n) is 6.51. The summed E-state index contributed by atoms with van der Waals surface area (Å²) in [5, 5.41) is 10.1. The molecule has 202 valence electrons. The van der Waals surface area contributed by atoms with Crippen molar-refractivity contribution in [3.05, 3.63) is 102 Å². The Balaban J connectivity index is 1.30. The first-order chi connectivity index (χ1) is 19.4. The van der Waals surface area contributed by atoms with Crippen LogP contribution in [0.15, 0.2) is 83.9 Å². The van der Waals surface area contributed by atoms with E-state index in [-0.39, 0.29) is 5.91 Å². The van der Waals surface area contributed by atoms with E-state index in [1.54, 1.807) is 24.8 Å². The van der Waals surface area contributed by atoms with Crippen molar-refractivity contribution in [2.24, 2.45) is 0 Å². The molecule has 2 N–H and O–H groups in total. The van der Waals surface area contributed by atoms with E-state index in [2.05, 4.69) is 30.7 Å². The number of nitrogens with one attached hydrogen (secondary N) is 2. The van der Waals surface area contributed by atoms with Gasteiger partial charge in [-0.25, -0.2) is 9.97 Å². The summed E-state index contributed by atoms with van der Waals surface area (Å²) in [5.41, 5.74) is 7.54. The van der Waals surface area contributed by atoms with Crippen LogP contribution in [-0.2, 0) is 6.42 Å². The van der Waals surface area contributed by atoms with E-state index in [1.165, 1.54) is 5.56 Å². The van der Waals surface area contributed by atoms with Crippen LogP contribution in [-0.4, -0.2) is 51.6 Å². The van der Waals surface area contributed by atoms with Crippen molar-refractivity contribution in [1.29, 1.82) is 0 Å². The molecule has 3 aromatic heterocycles. The van der Waals surface area contributed by atoms with Gasteiger partial charge in [0.25, 0.3) is 5.91 Å². The lowest BCUT2D eigenvalue weighted by Crippen LogP contribution is -2.15. The molecule has 5 rings (SSSR count). The lowest BCUT2D eigenvalue weighted by atomic mass is 10.1. The van der Waals surface area contributed by atoms with E-state index in [0.717, 1.165) is 40.9 Å². The molecule has 0 aliphatic rings. The Bertz CT molecular complexity index is 1630. The summed E-state index contributed by atoms with van der Waals surface area (Å²) in [6.45, 7) is 4.88. The highest BCUT2D eigenvalue weighted by atomic mass is 16.5. The Kier molecular flexibility index (Phi) is 7.93. The van der Waals surface area contributed by atoms with Gasteiger partial charge in [0, 0.05) is 58.8 Å². The molecule has 0 spiro atoms. The fourth-order valence-electron chi connectivity index (χ4n) is 4.19. The predicted molar refractivity (Wildman–Crippen MR) is 157 cm³/mol. The minimum atomic E-state index is -0.165. The van der Waals surface area contributed by atoms with Crippen molar-refractivity contribution in [3.63, 3.8) is 0 Å². The summed E-state index contributed by atoms with van der Waals surface area (Å²) in [4.78, 5) is 28.5. The molecule has 0 saturated heterocycles. The standard InChI is InChI=1S/C31H31N7O2/c1-20-5-10-26(35-30(39)23-8-6-22(7-9-23)12-14-38(3)4)16-28(20)37-31-33-13-11-27(36-31)24-15-25(19-32-18-24)29-21(2)17-34-40-29/h5-11,13,15-19H,12,14H2,1-4H3,(H,35,39)(H,33,36,37). The van der Waals surface area contributed by atoms with Gasteiger partial charge in [-0.05, 0) is 81.9 Å². The van der Waals surface area contributed by atoms with Crippen molar-refractivity contribution in [1.82, 2.24) is 25.0 Å². The molecule has 0 atom stereocenters. The number of carbonyl (C=O) groups is 1. The van der Waals surface area contributed by atoms with Crippen LogP contribution in [0.2, 0.25) is 0 Å². The fourth-order valence-corrected chi connectivity index (χ4v) is 4.19. The van der Waals surface area contributed by atoms with Gasteiger partial charge in [-0.3, -0.25) is 9.78 Å². The van der Waals surface area contributed by atoms with Gasteiger partial charge in [0.2, 0.25) is 5.95 Å². The number of carbonyl (C=O) groups excluding carboxylic acids is 1. The van der Waals surface area contributed by atoms with Gasteiger partial charge in [0.15, 0.2) is 5.76 Å². The summed E-state index contributed by atoms with van der Waals surface area (Å²) in [5.74, 6) is 0.941. The summed E-state index contributed by atoms with van der Waals surface area (Å²) < 4.78 is 5.38. The number of hydrogen-bond acceptors (Lipinski definition) is 8. The zero-order valence-corrected chi connectivity index (χ0v) is 23.0. The molecule has 40 heavy (non-hydrogen) atoms. The normalized spacial score (nSPS) is 11.0. The van der Waals surface area contributed by atoms with Crippen LogP contribution >= 0.6 is 0 Å². The highest BCUT2D eigenvalue weighted by Gasteiger charge is 2.12. The van der Waals surface area contributed by atoms with Crippen LogP contribution in [0.5, 0.6) is 0 Å². The monoisotopic (exact) mass is 533 g/mol. The van der Waals surface area contributed by atoms with E-state index in [4.69, 9.17) is 9.51 Å². The number of hydrogen-bond donors (Lipinski definition) is 2. The third kappa shape index (κ3) is 6.39. The molecule has 3 heterocycles. The molecular formula is C31H31N7O2. The molecule has 0 bridgehead atoms. The first kappa shape index (κ1) is 26.7. The maximum atomic E-state index is 12.9. The van der Waals surface area contributed by atoms with Gasteiger partial charge in [0.1, 0.15) is 0 Å². The smallest absolute Gasteiger partial charge is 0.255 e. The SMILES string of the molecule is Cc1ccc(NC(=O)c2ccc(CCN(C)C)cc2)cc1Nc1nccc(-c2cncc(-c3oncc3C)c2)n1. The molecule has 5 aromatic rings. The van der Waals surface area contributed by atoms with Gasteiger partial charge < -0.3 is 20.1 Å². The fraction of sp³-hybridized carbons (Fsp3) is 0.194. The molecular weight excluding hydrogens is 502 g/mol. The number of nitrogens with zero attached hydrogens (tertiary/aromatic N) is 5. The maximum absolute atomic E-state index is 12.9. The predicted octanol–water partition coefficient (Wildman–Crippen LogP) is 5.91. The van der Waals surface area contributed by atoms with E-state index < -0.39 is 0 Å². The van der Waals surface area contributed by atoms with Gasteiger partial charge in [-0.1, -0.05) is 23.4 Å². The van der Waals surface area contributed by atoms with E-state index >= 15 is 0 Å². The number of aromatic nitrogens is 4. The second-order valence-electron chi connectivity index (χ2n) is 9.92. The first-order valence-electron chi connectivity index (χ1n) is 13.0. The van der Waals surface area contributed by atoms with Crippen LogP contribution in [0, 0.1) is 13.8 Å². The summed E-state index contributed by atoms with van der Waals surface area (Å²) in [6, 6.07) is 17.2. The molecule has 0 saturated carbocycles. The quantitative estimate of drug-likeness (QED) is 0.241. The van der Waals surface area contributed by atoms with Crippen molar-refractivity contribution < 1.29 is 9.32 Å². The van der Waals surface area contributed by atoms with Crippen LogP contribution in [0.1, 0.15) is 27.0 Å². The van der Waals surface area contributed by atoms with Crippen molar-refractivity contribution in [2.45, 2.75) is 20.3 Å². The van der Waals surface area contributed by atoms with Gasteiger partial charge in [-0.2, -0.15) is 0 Å². The lowest BCUT2D eigenvalue weighted by Gasteiger charge is -2.13. The van der Waals surface area contributed by atoms with Gasteiger partial charge in [-0.15, -0.1) is 0 Å². The number of anilines is 3. The molecule has 0 aliphatic carbocycles. The minimum absolute atomic E-state index is 0.165. The Morgan fingerprint density at radius 1 is 0.925 bits per heavy atom. The molecule has 2 aromatic carbocycles. The number of rotatable bonds is 9. The number of benzene rings is 2. The van der Waals surface area contributed by atoms with Crippen LogP contribution in [0.3, 0.4) is 0 Å². The third-order valence-corrected chi connectivity index (χ3v) is 6.51. The van der Waals surface area contributed by atoms with E-state index in [0.29, 0.717) is 28.7 Å². The number of likely N-dealkylation sites (N-methyl/N-ethyl adjacent to an activating group) is 1. The number of pyridine rings is 1. The largest absolute Gasteiger partial charge is 0.356 e. The highest BCUT2D eigenvalue weighted by Crippen LogP contribution is 2.28. The molecule has 0 aliphatic heterocycles. The van der Waals surface area contributed by atoms with Crippen molar-refractivity contribution >= 4 is 23.2 Å². The lowest BCUT2D eigenvalue weighted by molar-refractivity contribution is 0.102. The summed E-state index contributed by atoms with van der Waals surface area (Å²) in [6.07, 6.45) is 7.79. The average molecular weight is 534 g/mol. The van der Waals surface area contributed by atoms with Crippen LogP contribution in [0.25, 0.3) is 22.6 Å². The summed E-state index contributed by atoms with van der Waals surface area (Å²) >= 11 is 0. The van der Waals surface area contributed by atoms with E-state index in [1.807, 2.05) is 82.5 Å². The van der Waals surface area contributed by atoms with E-state index in [9.17, 15) is 4.79 Å². The Labute approximate surface area is 233 Å². The minimum Gasteiger partial charge on any atom is -0.356 e. The molecule has 1 amide bonds. The maximum Gasteiger partial charge on any atom is 0.255 e. The number of aryl methyl sites for hydroxylation is 2. The summed E-state index contributed by atoms with van der Waals surface area (Å²) in [7, 11) is 4.10. The second-order valence-corrected chi connectivity index (χ2v) is 9.92. The first-order valence-corrected chi connectivity index (χ1v) is 13.0. The molecule has 0 radical (unpaired) electrons. The average Bonchev–Trinajstić information content (AvgIpc) is 3.40. The van der Waals surface area contributed by atoms with Crippen LogP contribution < -0.4 is 10.6 Å². The van der Waals surface area contributed by atoms with Crippen molar-refractivity contribution in [3.8, 4) is 22.6 Å². The van der Waals surface area contributed by atoms with Crippen molar-refractivity contribution in [2.75, 3.05) is 31.3 Å². The zero-order chi connectivity index (χ0) is 28.1. The molecule has 0 fully saturated rings. The zero-order valence-electron chi connectivity index (χ0n) is 23.0. The van der Waals surface area contributed by atoms with Crippen LogP contribution in [0.4, 0.5) is 17.3 Å². The van der Waals surface area contributed by atoms with Gasteiger partial charge in [0.05, 0.1) is 11.9 Å². The molecule has 9 nitrogen and oxygen atoms in total. The highest BCUT2D eigenvalue weighted by molar-refractivity contribution is 6.04. The Morgan fingerprint density at radius 2 is 1.73 bits per heavy atom. The second kappa shape index (κ2) is 11.9. The topological polar surface area (TPSA) is 109 Å².